The predicted octanol–water partition coefficient (Wildman–Crippen LogP) is 3.23. The Labute approximate surface area is 97.7 Å². The van der Waals surface area contributed by atoms with Crippen LogP contribution in [0.3, 0.4) is 0 Å². The quantitative estimate of drug-likeness (QED) is 0.873. The van der Waals surface area contributed by atoms with Crippen LogP contribution in [0.2, 0.25) is 5.02 Å². The van der Waals surface area contributed by atoms with Crippen LogP contribution in [0, 0.1) is 6.92 Å². The van der Waals surface area contributed by atoms with Crippen LogP contribution in [-0.2, 0) is 6.54 Å². The molecule has 0 atom stereocenters. The molecule has 1 aromatic carbocycles. The minimum absolute atomic E-state index is 0.536. The van der Waals surface area contributed by atoms with E-state index in [0.717, 1.165) is 26.2 Å². The van der Waals surface area contributed by atoms with Crippen LogP contribution in [0.25, 0.3) is 10.6 Å². The van der Waals surface area contributed by atoms with Crippen LogP contribution < -0.4 is 5.73 Å². The molecule has 2 aromatic rings. The molecule has 0 saturated carbocycles. The molecule has 2 N–H and O–H groups in total. The van der Waals surface area contributed by atoms with Gasteiger partial charge < -0.3 is 5.73 Å². The van der Waals surface area contributed by atoms with Gasteiger partial charge in [0.2, 0.25) is 0 Å². The number of halogens is 1. The minimum Gasteiger partial charge on any atom is -0.326 e. The SMILES string of the molecule is Cc1nc(-c2ccccc2Cl)sc1CN. The number of thiazole rings is 1. The Morgan fingerprint density at radius 2 is 2.13 bits per heavy atom. The number of hydrogen-bond acceptors (Lipinski definition) is 3. The normalized spacial score (nSPS) is 10.6. The second-order valence-corrected chi connectivity index (χ2v) is 4.70. The van der Waals surface area contributed by atoms with Gasteiger partial charge >= 0.3 is 0 Å². The molecule has 78 valence electrons. The smallest absolute Gasteiger partial charge is 0.125 e. The second kappa shape index (κ2) is 4.31. The Bertz CT molecular complexity index is 479. The lowest BCUT2D eigenvalue weighted by Crippen LogP contribution is -1.94. The van der Waals surface area contributed by atoms with Gasteiger partial charge in [-0.3, -0.25) is 0 Å². The first kappa shape index (κ1) is 10.6. The van der Waals surface area contributed by atoms with Crippen molar-refractivity contribution in [2.45, 2.75) is 13.5 Å². The average Bonchev–Trinajstić information content (AvgIpc) is 2.60. The van der Waals surface area contributed by atoms with Crippen LogP contribution >= 0.6 is 22.9 Å². The van der Waals surface area contributed by atoms with Gasteiger partial charge in [0.1, 0.15) is 5.01 Å². The second-order valence-electron chi connectivity index (χ2n) is 3.21. The van der Waals surface area contributed by atoms with Gasteiger partial charge in [-0.05, 0) is 13.0 Å². The first-order valence-electron chi connectivity index (χ1n) is 4.63. The number of hydrogen-bond donors (Lipinski definition) is 1. The number of nitrogens with two attached hydrogens (primary N) is 1. The summed E-state index contributed by atoms with van der Waals surface area (Å²) in [6.45, 7) is 2.51. The molecule has 0 fully saturated rings. The van der Waals surface area contributed by atoms with Crippen LogP contribution in [-0.4, -0.2) is 4.98 Å². The van der Waals surface area contributed by atoms with E-state index in [-0.39, 0.29) is 0 Å². The van der Waals surface area contributed by atoms with E-state index >= 15 is 0 Å². The van der Waals surface area contributed by atoms with Gasteiger partial charge in [0.15, 0.2) is 0 Å². The fourth-order valence-electron chi connectivity index (χ4n) is 1.37. The van der Waals surface area contributed by atoms with E-state index in [1.165, 1.54) is 0 Å². The van der Waals surface area contributed by atoms with Crippen molar-refractivity contribution in [3.8, 4) is 10.6 Å². The number of nitrogens with zero attached hydrogens (tertiary/aromatic N) is 1. The van der Waals surface area contributed by atoms with E-state index in [2.05, 4.69) is 4.98 Å². The third-order valence-corrected chi connectivity index (χ3v) is 3.72. The summed E-state index contributed by atoms with van der Waals surface area (Å²) in [6, 6.07) is 7.72. The third-order valence-electron chi connectivity index (χ3n) is 2.18. The molecular formula is C11H11ClN2S. The molecule has 0 bridgehead atoms. The molecule has 0 unspecified atom stereocenters. The van der Waals surface area contributed by atoms with Crippen LogP contribution in [0.4, 0.5) is 0 Å². The Hall–Kier alpha value is -0.900. The summed E-state index contributed by atoms with van der Waals surface area (Å²) in [5, 5.41) is 1.67. The summed E-state index contributed by atoms with van der Waals surface area (Å²) in [4.78, 5) is 5.58. The highest BCUT2D eigenvalue weighted by Crippen LogP contribution is 2.32. The Kier molecular flexibility index (Phi) is 3.05. The summed E-state index contributed by atoms with van der Waals surface area (Å²) >= 11 is 7.71. The molecule has 0 aliphatic rings. The predicted molar refractivity (Wildman–Crippen MR) is 65.2 cm³/mol. The molecule has 0 aliphatic carbocycles. The monoisotopic (exact) mass is 238 g/mol. The maximum Gasteiger partial charge on any atom is 0.125 e. The first-order valence-corrected chi connectivity index (χ1v) is 5.83. The molecule has 4 heteroatoms. The van der Waals surface area contributed by atoms with Crippen molar-refractivity contribution in [1.29, 1.82) is 0 Å². The van der Waals surface area contributed by atoms with Crippen molar-refractivity contribution in [1.82, 2.24) is 4.98 Å². The van der Waals surface area contributed by atoms with E-state index in [4.69, 9.17) is 17.3 Å². The Balaban J connectivity index is 2.50. The van der Waals surface area contributed by atoms with Gasteiger partial charge in [0.25, 0.3) is 0 Å². The standard InChI is InChI=1S/C11H11ClN2S/c1-7-10(6-13)15-11(14-7)8-4-2-3-5-9(8)12/h2-5H,6,13H2,1H3. The van der Waals surface area contributed by atoms with E-state index in [1.807, 2.05) is 31.2 Å². The van der Waals surface area contributed by atoms with Crippen LogP contribution in [0.5, 0.6) is 0 Å². The van der Waals surface area contributed by atoms with E-state index < -0.39 is 0 Å². The van der Waals surface area contributed by atoms with Crippen LogP contribution in [0.1, 0.15) is 10.6 Å². The average molecular weight is 239 g/mol. The summed E-state index contributed by atoms with van der Waals surface area (Å²) in [5.74, 6) is 0. The van der Waals surface area contributed by atoms with E-state index in [0.29, 0.717) is 6.54 Å². The van der Waals surface area contributed by atoms with Crippen molar-refractivity contribution in [2.75, 3.05) is 0 Å². The largest absolute Gasteiger partial charge is 0.326 e. The molecule has 1 heterocycles. The first-order chi connectivity index (χ1) is 7.22. The lowest BCUT2D eigenvalue weighted by Gasteiger charge is -1.97. The molecule has 1 aromatic heterocycles. The molecule has 0 radical (unpaired) electrons. The molecule has 2 rings (SSSR count). The summed E-state index contributed by atoms with van der Waals surface area (Å²) in [5.41, 5.74) is 7.59. The Morgan fingerprint density at radius 3 is 2.73 bits per heavy atom. The van der Waals surface area contributed by atoms with Gasteiger partial charge in [-0.2, -0.15) is 0 Å². The van der Waals surface area contributed by atoms with Crippen molar-refractivity contribution in [3.63, 3.8) is 0 Å². The zero-order valence-electron chi connectivity index (χ0n) is 8.33. The lowest BCUT2D eigenvalue weighted by molar-refractivity contribution is 1.06. The van der Waals surface area contributed by atoms with Crippen molar-refractivity contribution in [3.05, 3.63) is 39.9 Å². The molecule has 0 saturated heterocycles. The highest BCUT2D eigenvalue weighted by Gasteiger charge is 2.10. The fraction of sp³-hybridized carbons (Fsp3) is 0.182. The fourth-order valence-corrected chi connectivity index (χ4v) is 2.63. The lowest BCUT2D eigenvalue weighted by atomic mass is 10.2. The zero-order valence-corrected chi connectivity index (χ0v) is 9.90. The summed E-state index contributed by atoms with van der Waals surface area (Å²) in [6.07, 6.45) is 0. The highest BCUT2D eigenvalue weighted by atomic mass is 35.5. The topological polar surface area (TPSA) is 38.9 Å². The van der Waals surface area contributed by atoms with Gasteiger partial charge in [0.05, 0.1) is 10.7 Å². The van der Waals surface area contributed by atoms with Crippen molar-refractivity contribution in [2.24, 2.45) is 5.73 Å². The van der Waals surface area contributed by atoms with Gasteiger partial charge in [-0.15, -0.1) is 11.3 Å². The number of aryl methyl sites for hydroxylation is 1. The van der Waals surface area contributed by atoms with Crippen molar-refractivity contribution < 1.29 is 0 Å². The molecule has 2 nitrogen and oxygen atoms in total. The maximum atomic E-state index is 6.10. The van der Waals surface area contributed by atoms with Crippen LogP contribution in [0.15, 0.2) is 24.3 Å². The Morgan fingerprint density at radius 1 is 1.40 bits per heavy atom. The van der Waals surface area contributed by atoms with E-state index in [9.17, 15) is 0 Å². The molecule has 0 aliphatic heterocycles. The number of rotatable bonds is 2. The molecule has 15 heavy (non-hydrogen) atoms. The van der Waals surface area contributed by atoms with Gasteiger partial charge in [-0.25, -0.2) is 4.98 Å². The molecular weight excluding hydrogens is 228 g/mol. The summed E-state index contributed by atoms with van der Waals surface area (Å²) in [7, 11) is 0. The zero-order chi connectivity index (χ0) is 10.8. The molecule has 0 amide bonds. The maximum absolute atomic E-state index is 6.10. The number of benzene rings is 1. The van der Waals surface area contributed by atoms with Gasteiger partial charge in [-0.1, -0.05) is 29.8 Å². The number of aromatic nitrogens is 1. The summed E-state index contributed by atoms with van der Waals surface area (Å²) < 4.78 is 0. The minimum atomic E-state index is 0.536. The molecule has 0 spiro atoms. The van der Waals surface area contributed by atoms with E-state index in [1.54, 1.807) is 11.3 Å². The van der Waals surface area contributed by atoms with Gasteiger partial charge in [0, 0.05) is 17.0 Å². The van der Waals surface area contributed by atoms with Crippen molar-refractivity contribution >= 4 is 22.9 Å². The third kappa shape index (κ3) is 2.04. The highest BCUT2D eigenvalue weighted by molar-refractivity contribution is 7.15.